The first-order valence-electron chi connectivity index (χ1n) is 6.31. The summed E-state index contributed by atoms with van der Waals surface area (Å²) in [6.07, 6.45) is 1.74. The van der Waals surface area contributed by atoms with Crippen LogP contribution < -0.4 is 4.18 Å². The molecule has 0 bridgehead atoms. The number of allylic oxidation sites excluding steroid dienone is 1. The van der Waals surface area contributed by atoms with Crippen LogP contribution in [0.3, 0.4) is 0 Å². The summed E-state index contributed by atoms with van der Waals surface area (Å²) in [5.74, 6) is 0.406. The van der Waals surface area contributed by atoms with Crippen molar-refractivity contribution in [1.29, 1.82) is 0 Å². The van der Waals surface area contributed by atoms with E-state index in [1.807, 2.05) is 0 Å². The summed E-state index contributed by atoms with van der Waals surface area (Å²) in [4.78, 5) is 3.56. The third kappa shape index (κ3) is 4.73. The lowest BCUT2D eigenvalue weighted by atomic mass is 10.2. The van der Waals surface area contributed by atoms with Gasteiger partial charge in [0.25, 0.3) is 0 Å². The fourth-order valence-electron chi connectivity index (χ4n) is 1.66. The summed E-state index contributed by atoms with van der Waals surface area (Å²) >= 11 is 15.9. The quantitative estimate of drug-likeness (QED) is 0.474. The van der Waals surface area contributed by atoms with Crippen molar-refractivity contribution in [2.24, 2.45) is 0 Å². The highest BCUT2D eigenvalue weighted by atomic mass is 35.5. The van der Waals surface area contributed by atoms with E-state index in [9.17, 15) is 4.21 Å². The van der Waals surface area contributed by atoms with Crippen LogP contribution in [0.4, 0.5) is 0 Å². The maximum atomic E-state index is 12.3. The molecule has 1 atom stereocenters. The number of benzene rings is 2. The van der Waals surface area contributed by atoms with Gasteiger partial charge in [-0.1, -0.05) is 53.0 Å². The minimum Gasteiger partial charge on any atom is -0.397 e. The number of halogens is 3. The van der Waals surface area contributed by atoms with E-state index in [2.05, 4.69) is 4.85 Å². The van der Waals surface area contributed by atoms with Gasteiger partial charge < -0.3 is 4.18 Å². The van der Waals surface area contributed by atoms with Crippen molar-refractivity contribution in [3.63, 3.8) is 0 Å². The SMILES string of the molecule is [C-]#[N+]/C(C)=C/c1ccc(OS(=O)c2cc(Cl)c(Cl)cc2Cl)cc1. The third-order valence-electron chi connectivity index (χ3n) is 2.76. The molecule has 0 heterocycles. The topological polar surface area (TPSA) is 30.7 Å². The van der Waals surface area contributed by atoms with Gasteiger partial charge in [0, 0.05) is 0 Å². The summed E-state index contributed by atoms with van der Waals surface area (Å²) < 4.78 is 17.6. The number of rotatable bonds is 4. The van der Waals surface area contributed by atoms with Crippen LogP contribution in [0.2, 0.25) is 15.1 Å². The summed E-state index contributed by atoms with van der Waals surface area (Å²) in [6, 6.07) is 9.68. The molecular formula is C16H10Cl3NO2S. The number of hydrogen-bond acceptors (Lipinski definition) is 2. The zero-order valence-electron chi connectivity index (χ0n) is 11.8. The van der Waals surface area contributed by atoms with Crippen molar-refractivity contribution < 1.29 is 8.39 Å². The van der Waals surface area contributed by atoms with Gasteiger partial charge in [-0.25, -0.2) is 9.05 Å². The molecule has 0 saturated carbocycles. The Hall–Kier alpha value is -1.51. The first-order chi connectivity index (χ1) is 10.9. The summed E-state index contributed by atoms with van der Waals surface area (Å²) in [5.41, 5.74) is 1.43. The molecule has 0 radical (unpaired) electrons. The second kappa shape index (κ2) is 7.85. The molecule has 2 aromatic rings. The van der Waals surface area contributed by atoms with Crippen LogP contribution >= 0.6 is 34.8 Å². The second-order valence-electron chi connectivity index (χ2n) is 4.48. The van der Waals surface area contributed by atoms with E-state index in [4.69, 9.17) is 45.6 Å². The molecular weight excluding hydrogens is 377 g/mol. The van der Waals surface area contributed by atoms with Gasteiger partial charge in [-0.2, -0.15) is 0 Å². The van der Waals surface area contributed by atoms with Crippen LogP contribution in [0.25, 0.3) is 10.9 Å². The normalized spacial score (nSPS) is 12.6. The molecule has 2 aromatic carbocycles. The molecule has 2 rings (SSSR count). The number of hydrogen-bond donors (Lipinski definition) is 0. The van der Waals surface area contributed by atoms with Crippen molar-refractivity contribution in [3.05, 3.63) is 74.1 Å². The van der Waals surface area contributed by atoms with Crippen LogP contribution in [0.5, 0.6) is 5.75 Å². The molecule has 0 saturated heterocycles. The molecule has 118 valence electrons. The first kappa shape index (κ1) is 17.8. The Balaban J connectivity index is 2.18. The number of nitrogens with zero attached hydrogens (tertiary/aromatic N) is 1. The van der Waals surface area contributed by atoms with Crippen LogP contribution in [0.1, 0.15) is 12.5 Å². The lowest BCUT2D eigenvalue weighted by Gasteiger charge is -2.08. The van der Waals surface area contributed by atoms with Gasteiger partial charge in [0.15, 0.2) is 5.70 Å². The van der Waals surface area contributed by atoms with E-state index in [0.717, 1.165) is 5.56 Å². The molecule has 0 fully saturated rings. The molecule has 0 aliphatic carbocycles. The first-order valence-corrected chi connectivity index (χ1v) is 8.52. The Labute approximate surface area is 151 Å². The zero-order valence-corrected chi connectivity index (χ0v) is 14.9. The van der Waals surface area contributed by atoms with Gasteiger partial charge in [-0.05, 0) is 36.8 Å². The lowest BCUT2D eigenvalue weighted by Crippen LogP contribution is -2.02. The lowest BCUT2D eigenvalue weighted by molar-refractivity contribution is 0.562. The van der Waals surface area contributed by atoms with Crippen molar-refractivity contribution in [1.82, 2.24) is 0 Å². The van der Waals surface area contributed by atoms with Gasteiger partial charge >= 0.3 is 0 Å². The maximum absolute atomic E-state index is 12.3. The van der Waals surface area contributed by atoms with Gasteiger partial charge in [0.05, 0.1) is 26.5 Å². The third-order valence-corrected chi connectivity index (χ3v) is 4.95. The Morgan fingerprint density at radius 3 is 2.35 bits per heavy atom. The molecule has 1 unspecified atom stereocenters. The van der Waals surface area contributed by atoms with E-state index in [1.165, 1.54) is 12.1 Å². The average Bonchev–Trinajstić information content (AvgIpc) is 2.52. The standard InChI is InChI=1S/C16H10Cl3NO2S/c1-10(20-2)7-11-3-5-12(6-4-11)22-23(21)16-9-14(18)13(17)8-15(16)19/h3-9H,1H3/b10-7+. The molecule has 0 aliphatic heterocycles. The average molecular weight is 387 g/mol. The van der Waals surface area contributed by atoms with Crippen molar-refractivity contribution in [2.75, 3.05) is 0 Å². The monoisotopic (exact) mass is 385 g/mol. The predicted molar refractivity (Wildman–Crippen MR) is 95.2 cm³/mol. The Kier molecular flexibility index (Phi) is 6.09. The Morgan fingerprint density at radius 1 is 1.13 bits per heavy atom. The fourth-order valence-corrected chi connectivity index (χ4v) is 3.27. The fraction of sp³-hybridized carbons (Fsp3) is 0.0625. The minimum atomic E-state index is -1.82. The van der Waals surface area contributed by atoms with Gasteiger partial charge in [-0.3, -0.25) is 0 Å². The van der Waals surface area contributed by atoms with Crippen molar-refractivity contribution >= 4 is 52.0 Å². The highest BCUT2D eigenvalue weighted by Crippen LogP contribution is 2.31. The maximum Gasteiger partial charge on any atom is 0.242 e. The van der Waals surface area contributed by atoms with Crippen LogP contribution in [-0.4, -0.2) is 4.21 Å². The predicted octanol–water partition coefficient (Wildman–Crippen LogP) is 6.03. The van der Waals surface area contributed by atoms with Crippen molar-refractivity contribution in [3.8, 4) is 5.75 Å². The minimum absolute atomic E-state index is 0.213. The van der Waals surface area contributed by atoms with E-state index in [-0.39, 0.29) is 20.0 Å². The molecule has 3 nitrogen and oxygen atoms in total. The van der Waals surface area contributed by atoms with Crippen molar-refractivity contribution in [2.45, 2.75) is 11.8 Å². The second-order valence-corrected chi connectivity index (χ2v) is 6.78. The molecule has 0 spiro atoms. The molecule has 0 aliphatic rings. The Bertz CT molecular complexity index is 826. The van der Waals surface area contributed by atoms with E-state index < -0.39 is 11.1 Å². The summed E-state index contributed by atoms with van der Waals surface area (Å²) in [6.45, 7) is 8.62. The molecule has 0 amide bonds. The summed E-state index contributed by atoms with van der Waals surface area (Å²) in [5, 5.41) is 0.742. The van der Waals surface area contributed by atoms with E-state index in [0.29, 0.717) is 11.4 Å². The highest BCUT2D eigenvalue weighted by molar-refractivity contribution is 7.80. The highest BCUT2D eigenvalue weighted by Gasteiger charge is 2.14. The molecule has 0 aromatic heterocycles. The summed E-state index contributed by atoms with van der Waals surface area (Å²) in [7, 11) is 0. The van der Waals surface area contributed by atoms with E-state index >= 15 is 0 Å². The van der Waals surface area contributed by atoms with E-state index in [1.54, 1.807) is 37.3 Å². The molecule has 23 heavy (non-hydrogen) atoms. The van der Waals surface area contributed by atoms with Gasteiger partial charge in [0.2, 0.25) is 11.1 Å². The molecule has 0 N–H and O–H groups in total. The van der Waals surface area contributed by atoms with Gasteiger partial charge in [0.1, 0.15) is 5.75 Å². The Morgan fingerprint density at radius 2 is 1.74 bits per heavy atom. The van der Waals surface area contributed by atoms with Crippen LogP contribution in [0, 0.1) is 6.57 Å². The smallest absolute Gasteiger partial charge is 0.242 e. The zero-order chi connectivity index (χ0) is 17.0. The largest absolute Gasteiger partial charge is 0.397 e. The molecule has 7 heteroatoms. The van der Waals surface area contributed by atoms with Crippen LogP contribution in [0.15, 0.2) is 47.0 Å². The van der Waals surface area contributed by atoms with Crippen LogP contribution in [-0.2, 0) is 11.1 Å². The van der Waals surface area contributed by atoms with Gasteiger partial charge in [-0.15, -0.1) is 0 Å².